The lowest BCUT2D eigenvalue weighted by molar-refractivity contribution is -0.148. The molecule has 1 aliphatic rings. The molecular weight excluding hydrogens is 650 g/mol. The van der Waals surface area contributed by atoms with Gasteiger partial charge in [-0.05, 0) is 50.1 Å². The lowest BCUT2D eigenvalue weighted by atomic mass is 9.89. The summed E-state index contributed by atoms with van der Waals surface area (Å²) in [6.45, 7) is 15.9. The molecule has 51 heavy (non-hydrogen) atoms. The maximum absolute atomic E-state index is 14.1. The predicted molar refractivity (Wildman–Crippen MR) is 200 cm³/mol. The van der Waals surface area contributed by atoms with Gasteiger partial charge in [0.25, 0.3) is 0 Å². The molecule has 10 atom stereocenters. The molecule has 4 N–H and O–H groups in total. The molecule has 290 valence electrons. The third kappa shape index (κ3) is 11.5. The number of aliphatic hydroxyl groups is 1. The molecule has 12 nitrogen and oxygen atoms in total. The number of aliphatic hydroxyl groups excluding tert-OH is 1. The lowest BCUT2D eigenvalue weighted by Gasteiger charge is -2.41. The van der Waals surface area contributed by atoms with Gasteiger partial charge in [0.15, 0.2) is 0 Å². The van der Waals surface area contributed by atoms with E-state index in [1.807, 2.05) is 71.9 Å². The van der Waals surface area contributed by atoms with Crippen LogP contribution in [-0.4, -0.2) is 116 Å². The Kier molecular flexibility index (Phi) is 18.0. The number of likely N-dealkylation sites (tertiary alicyclic amines) is 1. The largest absolute Gasteiger partial charge is 0.386 e. The molecule has 0 bridgehead atoms. The fourth-order valence-corrected chi connectivity index (χ4v) is 7.42. The highest BCUT2D eigenvalue weighted by molar-refractivity contribution is 5.90. The molecule has 1 aromatic rings. The van der Waals surface area contributed by atoms with Crippen molar-refractivity contribution in [3.63, 3.8) is 0 Å². The van der Waals surface area contributed by atoms with Crippen molar-refractivity contribution in [2.45, 2.75) is 130 Å². The summed E-state index contributed by atoms with van der Waals surface area (Å²) in [4.78, 5) is 58.3. The molecule has 1 heterocycles. The Morgan fingerprint density at radius 2 is 1.53 bits per heavy atom. The fourth-order valence-electron chi connectivity index (χ4n) is 7.42. The van der Waals surface area contributed by atoms with Gasteiger partial charge in [0.1, 0.15) is 6.04 Å². The maximum Gasteiger partial charge on any atom is 0.245 e. The highest BCUT2D eigenvalue weighted by atomic mass is 16.5. The van der Waals surface area contributed by atoms with Crippen molar-refractivity contribution in [1.29, 1.82) is 0 Å². The highest BCUT2D eigenvalue weighted by Gasteiger charge is 2.43. The van der Waals surface area contributed by atoms with Crippen LogP contribution in [0.15, 0.2) is 30.3 Å². The molecule has 1 unspecified atom stereocenters. The number of hydrogen-bond donors (Lipinski definition) is 4. The summed E-state index contributed by atoms with van der Waals surface area (Å²) in [5.41, 5.74) is 0.711. The average Bonchev–Trinajstić information content (AvgIpc) is 3.59. The number of rotatable bonds is 20. The maximum atomic E-state index is 14.1. The molecule has 0 radical (unpaired) electrons. The molecule has 1 aromatic carbocycles. The number of hydrogen-bond acceptors (Lipinski definition) is 8. The lowest BCUT2D eigenvalue weighted by Crippen LogP contribution is -2.59. The van der Waals surface area contributed by atoms with Crippen LogP contribution < -0.4 is 16.0 Å². The number of amides is 4. The smallest absolute Gasteiger partial charge is 0.245 e. The van der Waals surface area contributed by atoms with Gasteiger partial charge in [-0.3, -0.25) is 19.2 Å². The second-order valence-corrected chi connectivity index (χ2v) is 15.0. The summed E-state index contributed by atoms with van der Waals surface area (Å²) >= 11 is 0. The SMILES string of the molecule is CC[C@H](C)[C@@H]([C@@H](CC(=O)N1CCC[C@H]1[C@H](OC)[C@@H](C)C(=O)N[C@H](C)C(O)c1ccccc1)OC)N(C)C(=O)[C@@H](NC(=O)[C@@H](NC)C(C)C)C(C)C. The van der Waals surface area contributed by atoms with E-state index >= 15 is 0 Å². The Balaban J connectivity index is 2.24. The summed E-state index contributed by atoms with van der Waals surface area (Å²) in [6, 6.07) is 6.67. The molecule has 12 heteroatoms. The van der Waals surface area contributed by atoms with Crippen LogP contribution in [-0.2, 0) is 28.7 Å². The van der Waals surface area contributed by atoms with Crippen LogP contribution in [0.2, 0.25) is 0 Å². The van der Waals surface area contributed by atoms with Crippen LogP contribution in [0.1, 0.15) is 92.7 Å². The van der Waals surface area contributed by atoms with Crippen LogP contribution in [0.5, 0.6) is 0 Å². The van der Waals surface area contributed by atoms with Crippen molar-refractivity contribution in [2.75, 3.05) is 34.9 Å². The minimum atomic E-state index is -0.875. The van der Waals surface area contributed by atoms with Crippen molar-refractivity contribution >= 4 is 23.6 Å². The standard InChI is InChI=1S/C39H67N5O7/c1-13-25(6)34(43(10)39(49)33(24(4)5)42-38(48)32(40-9)23(2)3)30(50-11)22-31(45)44-21-17-20-29(44)36(51-12)26(7)37(47)41-27(8)35(46)28-18-15-14-16-19-28/h14-16,18-19,23-27,29-30,32-36,40,46H,13,17,20-22H2,1-12H3,(H,41,47)(H,42,48)/t25-,26+,27+,29-,30+,32-,33-,34-,35?,36+/m0/s1. The Morgan fingerprint density at radius 1 is 0.922 bits per heavy atom. The van der Waals surface area contributed by atoms with Crippen LogP contribution in [0.25, 0.3) is 0 Å². The molecule has 4 amide bonds. The number of likely N-dealkylation sites (N-methyl/N-ethyl adjacent to an activating group) is 2. The number of nitrogens with zero attached hydrogens (tertiary/aromatic N) is 2. The summed E-state index contributed by atoms with van der Waals surface area (Å²) in [5.74, 6) is -1.62. The summed E-state index contributed by atoms with van der Waals surface area (Å²) in [6.07, 6.45) is 0.147. The molecule has 1 saturated heterocycles. The predicted octanol–water partition coefficient (Wildman–Crippen LogP) is 3.53. The molecule has 0 aliphatic carbocycles. The minimum Gasteiger partial charge on any atom is -0.386 e. The van der Waals surface area contributed by atoms with Gasteiger partial charge in [-0.25, -0.2) is 0 Å². The molecule has 2 rings (SSSR count). The van der Waals surface area contributed by atoms with Gasteiger partial charge in [0.2, 0.25) is 23.6 Å². The molecular formula is C39H67N5O7. The van der Waals surface area contributed by atoms with Gasteiger partial charge < -0.3 is 40.3 Å². The first-order valence-corrected chi connectivity index (χ1v) is 18.7. The zero-order chi connectivity index (χ0) is 38.6. The number of nitrogens with one attached hydrogen (secondary N) is 3. The van der Waals surface area contributed by atoms with Gasteiger partial charge in [0.05, 0.1) is 54.8 Å². The third-order valence-corrected chi connectivity index (χ3v) is 10.7. The second-order valence-electron chi connectivity index (χ2n) is 15.0. The van der Waals surface area contributed by atoms with E-state index in [0.29, 0.717) is 18.5 Å². The van der Waals surface area contributed by atoms with Crippen LogP contribution in [0, 0.1) is 23.7 Å². The first kappa shape index (κ1) is 44.1. The van der Waals surface area contributed by atoms with Gasteiger partial charge in [-0.1, -0.05) is 85.2 Å². The van der Waals surface area contributed by atoms with E-state index in [1.165, 1.54) is 0 Å². The number of ether oxygens (including phenoxy) is 2. The van der Waals surface area contributed by atoms with E-state index in [9.17, 15) is 24.3 Å². The number of carbonyl (C=O) groups is 4. The Hall–Kier alpha value is -3.06. The van der Waals surface area contributed by atoms with Gasteiger partial charge >= 0.3 is 0 Å². The van der Waals surface area contributed by atoms with Gasteiger partial charge in [-0.2, -0.15) is 0 Å². The van der Waals surface area contributed by atoms with Crippen molar-refractivity contribution in [2.24, 2.45) is 23.7 Å². The van der Waals surface area contributed by atoms with E-state index in [4.69, 9.17) is 9.47 Å². The van der Waals surface area contributed by atoms with E-state index < -0.39 is 48.4 Å². The van der Waals surface area contributed by atoms with E-state index in [0.717, 1.165) is 12.8 Å². The van der Waals surface area contributed by atoms with Crippen LogP contribution in [0.3, 0.4) is 0 Å². The molecule has 0 saturated carbocycles. The van der Waals surface area contributed by atoms with Crippen molar-refractivity contribution < 1.29 is 33.8 Å². The summed E-state index contributed by atoms with van der Waals surface area (Å²) < 4.78 is 11.9. The monoisotopic (exact) mass is 718 g/mol. The van der Waals surface area contributed by atoms with E-state index in [-0.39, 0.29) is 53.8 Å². The molecule has 0 spiro atoms. The Morgan fingerprint density at radius 3 is 2.04 bits per heavy atom. The van der Waals surface area contributed by atoms with Crippen molar-refractivity contribution in [1.82, 2.24) is 25.8 Å². The first-order chi connectivity index (χ1) is 24.0. The van der Waals surface area contributed by atoms with E-state index in [1.54, 1.807) is 52.0 Å². The van der Waals surface area contributed by atoms with Gasteiger partial charge in [0, 0.05) is 27.8 Å². The quantitative estimate of drug-likeness (QED) is 0.160. The molecule has 0 aromatic heterocycles. The zero-order valence-electron chi connectivity index (χ0n) is 33.1. The van der Waals surface area contributed by atoms with E-state index in [2.05, 4.69) is 16.0 Å². The Bertz CT molecular complexity index is 1250. The minimum absolute atomic E-state index is 0.0148. The topological polar surface area (TPSA) is 150 Å². The molecule has 1 aliphatic heterocycles. The summed E-state index contributed by atoms with van der Waals surface area (Å²) in [7, 11) is 6.57. The zero-order valence-corrected chi connectivity index (χ0v) is 33.1. The van der Waals surface area contributed by atoms with Gasteiger partial charge in [-0.15, -0.1) is 0 Å². The highest BCUT2D eigenvalue weighted by Crippen LogP contribution is 2.30. The van der Waals surface area contributed by atoms with Crippen molar-refractivity contribution in [3.05, 3.63) is 35.9 Å². The molecule has 1 fully saturated rings. The third-order valence-electron chi connectivity index (χ3n) is 10.7. The normalized spacial score (nSPS) is 20.1. The first-order valence-electron chi connectivity index (χ1n) is 18.7. The van der Waals surface area contributed by atoms with Crippen LogP contribution >= 0.6 is 0 Å². The van der Waals surface area contributed by atoms with Crippen LogP contribution in [0.4, 0.5) is 0 Å². The van der Waals surface area contributed by atoms with Crippen molar-refractivity contribution in [3.8, 4) is 0 Å². The Labute approximate surface area is 306 Å². The number of carbonyl (C=O) groups excluding carboxylic acids is 4. The number of methoxy groups -OCH3 is 2. The summed E-state index contributed by atoms with van der Waals surface area (Å²) in [5, 5.41) is 19.8. The number of benzene rings is 1. The fraction of sp³-hybridized carbons (Fsp3) is 0.744. The average molecular weight is 718 g/mol. The second kappa shape index (κ2) is 20.8.